The minimum Gasteiger partial charge on any atom is -0.494 e. The molecular formula is C19H18F4N6O2. The molecule has 0 atom stereocenters. The maximum Gasteiger partial charge on any atom is 0.453 e. The molecule has 0 radical (unpaired) electrons. The number of nitrogens with one attached hydrogen (secondary N) is 1. The van der Waals surface area contributed by atoms with Crippen molar-refractivity contribution in [3.63, 3.8) is 0 Å². The Kier molecular flexibility index (Phi) is 5.38. The number of carbonyl (C=O) groups excluding carboxylic acids is 1. The third-order valence-electron chi connectivity index (χ3n) is 5.11. The van der Waals surface area contributed by atoms with Gasteiger partial charge in [0, 0.05) is 30.8 Å². The molecule has 1 fully saturated rings. The molecule has 0 bridgehead atoms. The van der Waals surface area contributed by atoms with Crippen LogP contribution in [0.15, 0.2) is 30.3 Å². The summed E-state index contributed by atoms with van der Waals surface area (Å²) in [4.78, 5) is 14.3. The van der Waals surface area contributed by atoms with E-state index in [2.05, 4.69) is 20.6 Å². The maximum atomic E-state index is 13.8. The number of anilines is 2. The molecule has 3 heterocycles. The number of benzene rings is 1. The van der Waals surface area contributed by atoms with Gasteiger partial charge in [0.15, 0.2) is 17.2 Å². The van der Waals surface area contributed by atoms with Gasteiger partial charge in [-0.05, 0) is 37.1 Å². The van der Waals surface area contributed by atoms with Gasteiger partial charge in [-0.15, -0.1) is 15.3 Å². The van der Waals surface area contributed by atoms with Gasteiger partial charge in [-0.1, -0.05) is 0 Å². The number of methoxy groups -OCH3 is 1. The normalized spacial score (nSPS) is 15.3. The number of aromatic nitrogens is 4. The molecule has 1 aliphatic rings. The Morgan fingerprint density at radius 3 is 2.55 bits per heavy atom. The molecule has 1 aliphatic heterocycles. The third kappa shape index (κ3) is 4.23. The van der Waals surface area contributed by atoms with Crippen LogP contribution in [0, 0.1) is 11.7 Å². The van der Waals surface area contributed by atoms with Gasteiger partial charge in [0.25, 0.3) is 5.82 Å². The second kappa shape index (κ2) is 8.00. The number of ether oxygens (including phenoxy) is 1. The first-order valence-electron chi connectivity index (χ1n) is 9.45. The Labute approximate surface area is 173 Å². The minimum absolute atomic E-state index is 0.00272. The highest BCUT2D eigenvalue weighted by Crippen LogP contribution is 2.29. The molecule has 0 aliphatic carbocycles. The van der Waals surface area contributed by atoms with Gasteiger partial charge in [0.05, 0.1) is 7.11 Å². The first-order valence-corrected chi connectivity index (χ1v) is 9.45. The Morgan fingerprint density at radius 1 is 1.16 bits per heavy atom. The summed E-state index contributed by atoms with van der Waals surface area (Å²) in [5.41, 5.74) is 0.321. The first kappa shape index (κ1) is 20.8. The van der Waals surface area contributed by atoms with Gasteiger partial charge in [-0.2, -0.15) is 17.7 Å². The highest BCUT2D eigenvalue weighted by atomic mass is 19.4. The quantitative estimate of drug-likeness (QED) is 0.630. The lowest BCUT2D eigenvalue weighted by Gasteiger charge is -2.32. The van der Waals surface area contributed by atoms with Crippen molar-refractivity contribution in [3.05, 3.63) is 42.0 Å². The van der Waals surface area contributed by atoms with Crippen molar-refractivity contribution in [2.45, 2.75) is 19.0 Å². The van der Waals surface area contributed by atoms with E-state index in [0.29, 0.717) is 42.0 Å². The van der Waals surface area contributed by atoms with Crippen molar-refractivity contribution in [1.29, 1.82) is 0 Å². The lowest BCUT2D eigenvalue weighted by molar-refractivity contribution is -0.146. The number of hydrogen-bond donors (Lipinski definition) is 1. The monoisotopic (exact) mass is 438 g/mol. The minimum atomic E-state index is -4.67. The van der Waals surface area contributed by atoms with Crippen molar-refractivity contribution in [2.24, 2.45) is 5.92 Å². The van der Waals surface area contributed by atoms with Crippen molar-refractivity contribution < 1.29 is 27.1 Å². The zero-order valence-corrected chi connectivity index (χ0v) is 16.4. The molecule has 0 unspecified atom stereocenters. The fourth-order valence-corrected chi connectivity index (χ4v) is 3.48. The topological polar surface area (TPSA) is 84.6 Å². The summed E-state index contributed by atoms with van der Waals surface area (Å²) in [5, 5.41) is 13.4. The summed E-state index contributed by atoms with van der Waals surface area (Å²) < 4.78 is 58.5. The summed E-state index contributed by atoms with van der Waals surface area (Å²) in [7, 11) is 1.35. The summed E-state index contributed by atoms with van der Waals surface area (Å²) in [5.74, 6) is -1.91. The summed E-state index contributed by atoms with van der Waals surface area (Å²) in [6, 6.07) is 7.15. The third-order valence-corrected chi connectivity index (χ3v) is 5.11. The van der Waals surface area contributed by atoms with E-state index >= 15 is 0 Å². The van der Waals surface area contributed by atoms with Crippen LogP contribution in [-0.4, -0.2) is 45.9 Å². The van der Waals surface area contributed by atoms with Crippen LogP contribution in [0.1, 0.15) is 18.7 Å². The molecule has 1 saturated heterocycles. The molecule has 12 heteroatoms. The van der Waals surface area contributed by atoms with Gasteiger partial charge in [-0.25, -0.2) is 4.39 Å². The summed E-state index contributed by atoms with van der Waals surface area (Å²) in [6.07, 6.45) is -3.73. The molecule has 164 valence electrons. The summed E-state index contributed by atoms with van der Waals surface area (Å²) in [6.45, 7) is 0.855. The Balaban J connectivity index is 1.41. The van der Waals surface area contributed by atoms with E-state index in [4.69, 9.17) is 4.74 Å². The van der Waals surface area contributed by atoms with E-state index in [1.807, 2.05) is 0 Å². The number of piperidine rings is 1. The standard InChI is InChI=1S/C19H18F4N6O2/c1-31-14-3-2-12(10-13(14)20)24-17(30)11-6-8-28(9-7-11)16-5-4-15-25-26-18(19(21,22)23)29(15)27-16/h2-5,10-11H,6-9H2,1H3,(H,24,30). The molecular weight excluding hydrogens is 420 g/mol. The van der Waals surface area contributed by atoms with E-state index in [1.54, 1.807) is 17.0 Å². The Hall–Kier alpha value is -3.44. The first-order chi connectivity index (χ1) is 14.8. The molecule has 1 amide bonds. The predicted octanol–water partition coefficient (Wildman–Crippen LogP) is 3.15. The number of halogens is 4. The van der Waals surface area contributed by atoms with Crippen LogP contribution >= 0.6 is 0 Å². The van der Waals surface area contributed by atoms with Crippen molar-refractivity contribution in [1.82, 2.24) is 19.8 Å². The number of fused-ring (bicyclic) bond motifs is 1. The van der Waals surface area contributed by atoms with Gasteiger partial charge in [0.1, 0.15) is 5.82 Å². The SMILES string of the molecule is COc1ccc(NC(=O)C2CCN(c3ccc4nnc(C(F)(F)F)n4n3)CC2)cc1F. The number of hydrogen-bond acceptors (Lipinski definition) is 6. The molecule has 3 aromatic rings. The van der Waals surface area contributed by atoms with Crippen LogP contribution in [0.5, 0.6) is 5.75 Å². The lowest BCUT2D eigenvalue weighted by atomic mass is 9.96. The van der Waals surface area contributed by atoms with E-state index < -0.39 is 17.8 Å². The fraction of sp³-hybridized carbons (Fsp3) is 0.368. The van der Waals surface area contributed by atoms with Gasteiger partial charge in [-0.3, -0.25) is 4.79 Å². The van der Waals surface area contributed by atoms with E-state index in [1.165, 1.54) is 25.3 Å². The number of rotatable bonds is 4. The summed E-state index contributed by atoms with van der Waals surface area (Å²) >= 11 is 0. The Bertz CT molecular complexity index is 1110. The van der Waals surface area contributed by atoms with Crippen LogP contribution < -0.4 is 15.0 Å². The predicted molar refractivity (Wildman–Crippen MR) is 102 cm³/mol. The average Bonchev–Trinajstić information content (AvgIpc) is 3.18. The number of amides is 1. The average molecular weight is 438 g/mol. The second-order valence-electron chi connectivity index (χ2n) is 7.08. The fourth-order valence-electron chi connectivity index (χ4n) is 3.48. The lowest BCUT2D eigenvalue weighted by Crippen LogP contribution is -2.38. The molecule has 1 N–H and O–H groups in total. The Morgan fingerprint density at radius 2 is 1.90 bits per heavy atom. The van der Waals surface area contributed by atoms with Gasteiger partial charge >= 0.3 is 6.18 Å². The molecule has 1 aromatic carbocycles. The largest absolute Gasteiger partial charge is 0.494 e. The molecule has 0 saturated carbocycles. The molecule has 4 rings (SSSR count). The van der Waals surface area contributed by atoms with Gasteiger partial charge in [0.2, 0.25) is 5.91 Å². The second-order valence-corrected chi connectivity index (χ2v) is 7.08. The highest BCUT2D eigenvalue weighted by Gasteiger charge is 2.38. The maximum absolute atomic E-state index is 13.8. The smallest absolute Gasteiger partial charge is 0.453 e. The number of alkyl halides is 3. The van der Waals surface area contributed by atoms with E-state index in [-0.39, 0.29) is 23.2 Å². The van der Waals surface area contributed by atoms with Crippen molar-refractivity contribution >= 4 is 23.1 Å². The molecule has 0 spiro atoms. The zero-order valence-electron chi connectivity index (χ0n) is 16.4. The number of nitrogens with zero attached hydrogens (tertiary/aromatic N) is 5. The van der Waals surface area contributed by atoms with Crippen LogP contribution in [0.4, 0.5) is 29.1 Å². The van der Waals surface area contributed by atoms with Crippen LogP contribution in [-0.2, 0) is 11.0 Å². The van der Waals surface area contributed by atoms with Gasteiger partial charge < -0.3 is 15.0 Å². The molecule has 2 aromatic heterocycles. The number of carbonyl (C=O) groups is 1. The van der Waals surface area contributed by atoms with Crippen molar-refractivity contribution in [2.75, 3.05) is 30.4 Å². The van der Waals surface area contributed by atoms with Crippen LogP contribution in [0.3, 0.4) is 0 Å². The van der Waals surface area contributed by atoms with Crippen LogP contribution in [0.25, 0.3) is 5.65 Å². The molecule has 31 heavy (non-hydrogen) atoms. The van der Waals surface area contributed by atoms with Crippen LogP contribution in [0.2, 0.25) is 0 Å². The van der Waals surface area contributed by atoms with E-state index in [9.17, 15) is 22.4 Å². The van der Waals surface area contributed by atoms with E-state index in [0.717, 1.165) is 0 Å². The highest BCUT2D eigenvalue weighted by molar-refractivity contribution is 5.92. The zero-order chi connectivity index (χ0) is 22.2. The molecule has 8 nitrogen and oxygen atoms in total. The van der Waals surface area contributed by atoms with Crippen molar-refractivity contribution in [3.8, 4) is 5.75 Å².